The van der Waals surface area contributed by atoms with Gasteiger partial charge in [-0.2, -0.15) is 0 Å². The molecule has 0 radical (unpaired) electrons. The van der Waals surface area contributed by atoms with Gasteiger partial charge in [-0.15, -0.1) is 6.42 Å². The molecule has 0 amide bonds. The van der Waals surface area contributed by atoms with Crippen LogP contribution in [0.25, 0.3) is 0 Å². The van der Waals surface area contributed by atoms with E-state index in [2.05, 4.69) is 15.7 Å². The zero-order valence-electron chi connectivity index (χ0n) is 9.26. The van der Waals surface area contributed by atoms with Gasteiger partial charge in [-0.05, 0) is 12.1 Å². The van der Waals surface area contributed by atoms with Gasteiger partial charge in [0, 0.05) is 26.2 Å². The molecule has 1 N–H and O–H groups in total. The van der Waals surface area contributed by atoms with E-state index in [1.165, 1.54) is 0 Å². The summed E-state index contributed by atoms with van der Waals surface area (Å²) in [6.07, 6.45) is 5.28. The smallest absolute Gasteiger partial charge is 0.138 e. The molecule has 0 atom stereocenters. The number of piperazine rings is 1. The van der Waals surface area contributed by atoms with Gasteiger partial charge in [0.15, 0.2) is 0 Å². The van der Waals surface area contributed by atoms with Crippen LogP contribution in [0.4, 0.5) is 5.69 Å². The van der Waals surface area contributed by atoms with Gasteiger partial charge in [0.2, 0.25) is 0 Å². The fourth-order valence-electron chi connectivity index (χ4n) is 2.01. The zero-order chi connectivity index (χ0) is 11.4. The quantitative estimate of drug-likeness (QED) is 0.751. The first-order chi connectivity index (χ1) is 7.81. The molecule has 0 aliphatic carbocycles. The van der Waals surface area contributed by atoms with Crippen LogP contribution < -0.4 is 4.90 Å². The molecule has 1 aliphatic heterocycles. The van der Waals surface area contributed by atoms with Crippen LogP contribution in [0.5, 0.6) is 5.75 Å². The molecule has 0 saturated carbocycles. The Labute approximate surface area is 96.3 Å². The summed E-state index contributed by atoms with van der Waals surface area (Å²) in [5, 5.41) is 9.74. The Bertz CT molecular complexity index is 389. The third kappa shape index (κ3) is 2.29. The minimum Gasteiger partial charge on any atom is -0.506 e. The lowest BCUT2D eigenvalue weighted by Crippen LogP contribution is -2.46. The summed E-state index contributed by atoms with van der Waals surface area (Å²) >= 11 is 0. The van der Waals surface area contributed by atoms with E-state index >= 15 is 0 Å². The molecule has 0 bridgehead atoms. The fraction of sp³-hybridized carbons (Fsp3) is 0.385. The van der Waals surface area contributed by atoms with Crippen LogP contribution in [0.15, 0.2) is 24.3 Å². The summed E-state index contributed by atoms with van der Waals surface area (Å²) in [6.45, 7) is 4.46. The van der Waals surface area contributed by atoms with E-state index in [9.17, 15) is 5.11 Å². The molecule has 84 valence electrons. The number of anilines is 1. The lowest BCUT2D eigenvalue weighted by molar-refractivity contribution is 0.287. The van der Waals surface area contributed by atoms with E-state index in [0.717, 1.165) is 31.9 Å². The molecule has 1 aliphatic rings. The summed E-state index contributed by atoms with van der Waals surface area (Å²) in [5.74, 6) is 3.02. The van der Waals surface area contributed by atoms with Gasteiger partial charge in [0.1, 0.15) is 5.75 Å². The number of terminal acetylenes is 1. The highest BCUT2D eigenvalue weighted by Crippen LogP contribution is 2.26. The maximum absolute atomic E-state index is 9.74. The maximum atomic E-state index is 9.74. The molecule has 1 aromatic carbocycles. The van der Waals surface area contributed by atoms with E-state index in [4.69, 9.17) is 6.42 Å². The van der Waals surface area contributed by atoms with Crippen molar-refractivity contribution in [1.82, 2.24) is 4.90 Å². The van der Waals surface area contributed by atoms with Crippen LogP contribution in [0.1, 0.15) is 0 Å². The second-order valence-corrected chi connectivity index (χ2v) is 3.96. The molecule has 1 fully saturated rings. The molecule has 0 aromatic heterocycles. The fourth-order valence-corrected chi connectivity index (χ4v) is 2.01. The largest absolute Gasteiger partial charge is 0.506 e. The summed E-state index contributed by atoms with van der Waals surface area (Å²) in [5.41, 5.74) is 0.919. The van der Waals surface area contributed by atoms with Crippen molar-refractivity contribution in [3.8, 4) is 18.1 Å². The number of benzene rings is 1. The molecule has 3 heteroatoms. The van der Waals surface area contributed by atoms with E-state index in [1.54, 1.807) is 6.07 Å². The van der Waals surface area contributed by atoms with Gasteiger partial charge < -0.3 is 10.0 Å². The molecule has 2 rings (SSSR count). The van der Waals surface area contributed by atoms with Crippen LogP contribution in [-0.4, -0.2) is 42.7 Å². The average Bonchev–Trinajstić information content (AvgIpc) is 2.31. The van der Waals surface area contributed by atoms with Crippen molar-refractivity contribution in [2.24, 2.45) is 0 Å². The summed E-state index contributed by atoms with van der Waals surface area (Å²) in [4.78, 5) is 4.44. The van der Waals surface area contributed by atoms with Crippen LogP contribution in [-0.2, 0) is 0 Å². The Morgan fingerprint density at radius 1 is 1.19 bits per heavy atom. The molecular formula is C13H16N2O. The second kappa shape index (κ2) is 4.91. The third-order valence-electron chi connectivity index (χ3n) is 2.91. The summed E-state index contributed by atoms with van der Waals surface area (Å²) in [6, 6.07) is 7.46. The van der Waals surface area contributed by atoms with Crippen molar-refractivity contribution >= 4 is 5.69 Å². The standard InChI is InChI=1S/C13H16N2O/c1-2-7-14-8-10-15(11-9-14)12-5-3-4-6-13(12)16/h1,3-6,16H,7-11H2. The van der Waals surface area contributed by atoms with Crippen molar-refractivity contribution < 1.29 is 5.11 Å². The Morgan fingerprint density at radius 2 is 1.88 bits per heavy atom. The highest BCUT2D eigenvalue weighted by atomic mass is 16.3. The second-order valence-electron chi connectivity index (χ2n) is 3.96. The maximum Gasteiger partial charge on any atom is 0.138 e. The molecular weight excluding hydrogens is 200 g/mol. The highest BCUT2D eigenvalue weighted by molar-refractivity contribution is 5.57. The van der Waals surface area contributed by atoms with Crippen molar-refractivity contribution in [3.05, 3.63) is 24.3 Å². The van der Waals surface area contributed by atoms with E-state index in [-0.39, 0.29) is 0 Å². The number of para-hydroxylation sites is 2. The predicted octanol–water partition coefficient (Wildman–Crippen LogP) is 1.15. The summed E-state index contributed by atoms with van der Waals surface area (Å²) < 4.78 is 0. The Morgan fingerprint density at radius 3 is 2.50 bits per heavy atom. The van der Waals surface area contributed by atoms with Crippen LogP contribution in [0, 0.1) is 12.3 Å². The minimum absolute atomic E-state index is 0.355. The van der Waals surface area contributed by atoms with E-state index in [1.807, 2.05) is 18.2 Å². The number of phenolic OH excluding ortho intramolecular Hbond substituents is 1. The number of phenols is 1. The Hall–Kier alpha value is -1.66. The van der Waals surface area contributed by atoms with Crippen LogP contribution in [0.2, 0.25) is 0 Å². The van der Waals surface area contributed by atoms with Gasteiger partial charge in [0.05, 0.1) is 12.2 Å². The number of aromatic hydroxyl groups is 1. The number of hydrogen-bond acceptors (Lipinski definition) is 3. The van der Waals surface area contributed by atoms with Crippen molar-refractivity contribution in [2.45, 2.75) is 0 Å². The molecule has 1 heterocycles. The third-order valence-corrected chi connectivity index (χ3v) is 2.91. The summed E-state index contributed by atoms with van der Waals surface area (Å²) in [7, 11) is 0. The Kier molecular flexibility index (Phi) is 3.33. The lowest BCUT2D eigenvalue weighted by atomic mass is 10.2. The normalized spacial score (nSPS) is 17.1. The van der Waals surface area contributed by atoms with Crippen molar-refractivity contribution in [3.63, 3.8) is 0 Å². The molecule has 3 nitrogen and oxygen atoms in total. The SMILES string of the molecule is C#CCN1CCN(c2ccccc2O)CC1. The van der Waals surface area contributed by atoms with Gasteiger partial charge in [-0.25, -0.2) is 0 Å². The van der Waals surface area contributed by atoms with Crippen molar-refractivity contribution in [1.29, 1.82) is 0 Å². The van der Waals surface area contributed by atoms with Gasteiger partial charge in [-0.3, -0.25) is 4.90 Å². The average molecular weight is 216 g/mol. The highest BCUT2D eigenvalue weighted by Gasteiger charge is 2.17. The molecule has 0 unspecified atom stereocenters. The first kappa shape index (κ1) is 10.8. The van der Waals surface area contributed by atoms with Gasteiger partial charge >= 0.3 is 0 Å². The molecule has 0 spiro atoms. The predicted molar refractivity (Wildman–Crippen MR) is 65.6 cm³/mol. The van der Waals surface area contributed by atoms with Crippen LogP contribution in [0.3, 0.4) is 0 Å². The first-order valence-electron chi connectivity index (χ1n) is 5.50. The Balaban J connectivity index is 2.00. The number of hydrogen-bond donors (Lipinski definition) is 1. The van der Waals surface area contributed by atoms with Crippen molar-refractivity contribution in [2.75, 3.05) is 37.6 Å². The monoisotopic (exact) mass is 216 g/mol. The van der Waals surface area contributed by atoms with E-state index in [0.29, 0.717) is 12.3 Å². The topological polar surface area (TPSA) is 26.7 Å². The minimum atomic E-state index is 0.355. The van der Waals surface area contributed by atoms with Gasteiger partial charge in [-0.1, -0.05) is 18.1 Å². The number of nitrogens with zero attached hydrogens (tertiary/aromatic N) is 2. The lowest BCUT2D eigenvalue weighted by Gasteiger charge is -2.35. The first-order valence-corrected chi connectivity index (χ1v) is 5.50. The van der Waals surface area contributed by atoms with Crippen LogP contribution >= 0.6 is 0 Å². The molecule has 1 saturated heterocycles. The molecule has 16 heavy (non-hydrogen) atoms. The van der Waals surface area contributed by atoms with Gasteiger partial charge in [0.25, 0.3) is 0 Å². The molecule has 1 aromatic rings. The zero-order valence-corrected chi connectivity index (χ0v) is 9.26. The van der Waals surface area contributed by atoms with E-state index < -0.39 is 0 Å². The number of rotatable bonds is 2.